The summed E-state index contributed by atoms with van der Waals surface area (Å²) < 4.78 is 7.07. The number of Topliss-reactive ketones (excluding diaryl/α,β-unsaturated/α-hetero) is 1. The molecule has 0 unspecified atom stereocenters. The molecule has 0 radical (unpaired) electrons. The van der Waals surface area contributed by atoms with Gasteiger partial charge in [-0.3, -0.25) is 4.79 Å². The lowest BCUT2D eigenvalue weighted by Gasteiger charge is -2.26. The zero-order valence-corrected chi connectivity index (χ0v) is 17.4. The number of hydrogen-bond acceptors (Lipinski definition) is 4. The number of rotatable bonds is 6. The van der Waals surface area contributed by atoms with Crippen LogP contribution in [0.1, 0.15) is 70.2 Å². The summed E-state index contributed by atoms with van der Waals surface area (Å²) in [5, 5.41) is 3.52. The van der Waals surface area contributed by atoms with Crippen LogP contribution >= 0.6 is 11.6 Å². The number of halogens is 1. The van der Waals surface area contributed by atoms with Gasteiger partial charge in [-0.1, -0.05) is 30.9 Å². The Morgan fingerprint density at radius 1 is 1.18 bits per heavy atom. The Hall–Kier alpha value is -2.27. The molecule has 0 saturated heterocycles. The SMILES string of the molecule is COC(=O)c1ccc(Cl)c(NCC(=O)c2cc(C)n(C3CCCCC3)c2C)c1. The van der Waals surface area contributed by atoms with E-state index >= 15 is 0 Å². The highest BCUT2D eigenvalue weighted by atomic mass is 35.5. The number of ketones is 1. The number of nitrogens with one attached hydrogen (secondary N) is 1. The van der Waals surface area contributed by atoms with Crippen LogP contribution in [-0.4, -0.2) is 30.0 Å². The molecule has 1 aliphatic carbocycles. The van der Waals surface area contributed by atoms with Gasteiger partial charge in [0.05, 0.1) is 29.9 Å². The molecule has 1 N–H and O–H groups in total. The molecule has 1 saturated carbocycles. The van der Waals surface area contributed by atoms with Gasteiger partial charge >= 0.3 is 5.97 Å². The standard InChI is InChI=1S/C22H27ClN2O3/c1-14-11-18(15(2)25(14)17-7-5-4-6-8-17)21(26)13-24-20-12-16(22(27)28-3)9-10-19(20)23/h9-12,17,24H,4-8,13H2,1-3H3. The Morgan fingerprint density at radius 3 is 2.57 bits per heavy atom. The van der Waals surface area contributed by atoms with Gasteiger partial charge in [0.2, 0.25) is 0 Å². The van der Waals surface area contributed by atoms with Gasteiger partial charge in [0.15, 0.2) is 5.78 Å². The molecule has 0 aliphatic heterocycles. The van der Waals surface area contributed by atoms with Crippen LogP contribution in [0.5, 0.6) is 0 Å². The Morgan fingerprint density at radius 2 is 1.89 bits per heavy atom. The van der Waals surface area contributed by atoms with E-state index in [9.17, 15) is 9.59 Å². The van der Waals surface area contributed by atoms with Crippen LogP contribution in [0.4, 0.5) is 5.69 Å². The lowest BCUT2D eigenvalue weighted by atomic mass is 9.95. The summed E-state index contributed by atoms with van der Waals surface area (Å²) in [4.78, 5) is 24.6. The van der Waals surface area contributed by atoms with E-state index in [1.807, 2.05) is 13.0 Å². The number of nitrogens with zero attached hydrogens (tertiary/aromatic N) is 1. The molecule has 150 valence electrons. The van der Waals surface area contributed by atoms with Crippen molar-refractivity contribution in [2.24, 2.45) is 0 Å². The normalized spacial score (nSPS) is 14.7. The van der Waals surface area contributed by atoms with Crippen molar-refractivity contribution < 1.29 is 14.3 Å². The lowest BCUT2D eigenvalue weighted by Crippen LogP contribution is -2.18. The van der Waals surface area contributed by atoms with E-state index < -0.39 is 5.97 Å². The molecule has 1 aromatic carbocycles. The number of methoxy groups -OCH3 is 1. The Kier molecular flexibility index (Phi) is 6.45. The van der Waals surface area contributed by atoms with E-state index in [0.29, 0.717) is 22.3 Å². The maximum absolute atomic E-state index is 12.9. The molecule has 1 aromatic heterocycles. The number of ether oxygens (including phenoxy) is 1. The average Bonchev–Trinajstić information content (AvgIpc) is 3.01. The lowest BCUT2D eigenvalue weighted by molar-refractivity contribution is 0.0600. The summed E-state index contributed by atoms with van der Waals surface area (Å²) in [5.74, 6) is -0.434. The molecule has 0 spiro atoms. The zero-order chi connectivity index (χ0) is 20.3. The van der Waals surface area contributed by atoms with Crippen LogP contribution in [0.15, 0.2) is 24.3 Å². The highest BCUT2D eigenvalue weighted by Gasteiger charge is 2.22. The number of aromatic nitrogens is 1. The fraction of sp³-hybridized carbons (Fsp3) is 0.455. The largest absolute Gasteiger partial charge is 0.465 e. The summed E-state index contributed by atoms with van der Waals surface area (Å²) in [6.07, 6.45) is 6.16. The fourth-order valence-corrected chi connectivity index (χ4v) is 4.32. The molecule has 1 heterocycles. The van der Waals surface area contributed by atoms with Gasteiger partial charge in [-0.25, -0.2) is 4.79 Å². The van der Waals surface area contributed by atoms with Crippen LogP contribution in [0.25, 0.3) is 0 Å². The molecular formula is C22H27ClN2O3. The molecule has 0 bridgehead atoms. The Bertz CT molecular complexity index is 882. The van der Waals surface area contributed by atoms with Gasteiger partial charge in [-0.05, 0) is 51.0 Å². The second-order valence-corrected chi connectivity index (χ2v) is 7.82. The number of anilines is 1. The summed E-state index contributed by atoms with van der Waals surface area (Å²) in [5.41, 5.74) is 3.84. The van der Waals surface area contributed by atoms with Crippen LogP contribution < -0.4 is 5.32 Å². The van der Waals surface area contributed by atoms with E-state index in [2.05, 4.69) is 16.8 Å². The van der Waals surface area contributed by atoms with Crippen molar-refractivity contribution in [3.8, 4) is 0 Å². The van der Waals surface area contributed by atoms with E-state index in [1.165, 1.54) is 39.2 Å². The molecule has 3 rings (SSSR count). The third-order valence-electron chi connectivity index (χ3n) is 5.55. The van der Waals surface area contributed by atoms with Crippen LogP contribution in [0, 0.1) is 13.8 Å². The average molecular weight is 403 g/mol. The number of carbonyl (C=O) groups is 2. The van der Waals surface area contributed by atoms with Gasteiger partial charge in [-0.2, -0.15) is 0 Å². The zero-order valence-electron chi connectivity index (χ0n) is 16.7. The van der Waals surface area contributed by atoms with Gasteiger partial charge in [0, 0.05) is 23.0 Å². The van der Waals surface area contributed by atoms with E-state index in [4.69, 9.17) is 16.3 Å². The molecular weight excluding hydrogens is 376 g/mol. The van der Waals surface area contributed by atoms with E-state index in [1.54, 1.807) is 18.2 Å². The maximum atomic E-state index is 12.9. The number of aryl methyl sites for hydroxylation is 1. The first kappa shape index (κ1) is 20.5. The van der Waals surface area contributed by atoms with Crippen molar-refractivity contribution in [2.75, 3.05) is 19.0 Å². The van der Waals surface area contributed by atoms with Gasteiger partial charge in [0.1, 0.15) is 0 Å². The summed E-state index contributed by atoms with van der Waals surface area (Å²) in [7, 11) is 1.33. The fourth-order valence-electron chi connectivity index (χ4n) is 4.14. The summed E-state index contributed by atoms with van der Waals surface area (Å²) in [6.45, 7) is 4.21. The monoisotopic (exact) mass is 402 g/mol. The molecule has 5 nitrogen and oxygen atoms in total. The summed E-state index contributed by atoms with van der Waals surface area (Å²) >= 11 is 6.21. The smallest absolute Gasteiger partial charge is 0.337 e. The molecule has 0 atom stereocenters. The van der Waals surface area contributed by atoms with Crippen molar-refractivity contribution >= 4 is 29.0 Å². The van der Waals surface area contributed by atoms with E-state index in [0.717, 1.165) is 17.0 Å². The molecule has 1 aliphatic rings. The molecule has 1 fully saturated rings. The first-order valence-corrected chi connectivity index (χ1v) is 10.1. The Balaban J connectivity index is 1.75. The van der Waals surface area contributed by atoms with Crippen LogP contribution in [0.3, 0.4) is 0 Å². The van der Waals surface area contributed by atoms with Gasteiger partial charge in [0.25, 0.3) is 0 Å². The molecule has 28 heavy (non-hydrogen) atoms. The predicted octanol–water partition coefficient (Wildman–Crippen LogP) is 5.34. The number of benzene rings is 1. The van der Waals surface area contributed by atoms with Crippen molar-refractivity contribution in [2.45, 2.75) is 52.0 Å². The molecule has 2 aromatic rings. The first-order chi connectivity index (χ1) is 13.4. The quantitative estimate of drug-likeness (QED) is 0.523. The highest BCUT2D eigenvalue weighted by Crippen LogP contribution is 2.32. The minimum absolute atomic E-state index is 0.00898. The van der Waals surface area contributed by atoms with Crippen molar-refractivity contribution in [3.63, 3.8) is 0 Å². The molecule has 6 heteroatoms. The topological polar surface area (TPSA) is 60.3 Å². The maximum Gasteiger partial charge on any atom is 0.337 e. The minimum atomic E-state index is -0.443. The predicted molar refractivity (Wildman–Crippen MR) is 112 cm³/mol. The van der Waals surface area contributed by atoms with Crippen LogP contribution in [0.2, 0.25) is 5.02 Å². The number of esters is 1. The highest BCUT2D eigenvalue weighted by molar-refractivity contribution is 6.33. The molecule has 0 amide bonds. The number of hydrogen-bond donors (Lipinski definition) is 1. The van der Waals surface area contributed by atoms with Gasteiger partial charge < -0.3 is 14.6 Å². The van der Waals surface area contributed by atoms with Crippen molar-refractivity contribution in [1.29, 1.82) is 0 Å². The third kappa shape index (κ3) is 4.25. The summed E-state index contributed by atoms with van der Waals surface area (Å²) in [6, 6.07) is 7.30. The Labute approximate surface area is 171 Å². The van der Waals surface area contributed by atoms with Crippen molar-refractivity contribution in [3.05, 3.63) is 51.8 Å². The van der Waals surface area contributed by atoms with Crippen molar-refractivity contribution in [1.82, 2.24) is 4.57 Å². The second kappa shape index (κ2) is 8.82. The van der Waals surface area contributed by atoms with E-state index in [-0.39, 0.29) is 12.3 Å². The minimum Gasteiger partial charge on any atom is -0.465 e. The first-order valence-electron chi connectivity index (χ1n) is 9.75. The second-order valence-electron chi connectivity index (χ2n) is 7.41. The number of carbonyl (C=O) groups excluding carboxylic acids is 2. The third-order valence-corrected chi connectivity index (χ3v) is 5.88. The van der Waals surface area contributed by atoms with Crippen LogP contribution in [-0.2, 0) is 4.74 Å². The van der Waals surface area contributed by atoms with Gasteiger partial charge in [-0.15, -0.1) is 0 Å².